The molecular weight excluding hydrogens is 357 g/mol. The minimum absolute atomic E-state index is 0.0766. The van der Waals surface area contributed by atoms with Crippen LogP contribution in [-0.2, 0) is 13.0 Å². The van der Waals surface area contributed by atoms with Crippen molar-refractivity contribution in [3.63, 3.8) is 0 Å². The Morgan fingerprint density at radius 3 is 2.36 bits per heavy atom. The summed E-state index contributed by atoms with van der Waals surface area (Å²) < 4.78 is 17.4. The number of rotatable bonds is 8. The van der Waals surface area contributed by atoms with Gasteiger partial charge in [-0.3, -0.25) is 0 Å². The number of ether oxygens (including phenoxy) is 1. The van der Waals surface area contributed by atoms with Crippen molar-refractivity contribution in [3.05, 3.63) is 59.8 Å². The molecule has 6 nitrogen and oxygen atoms in total. The molecular formula is C21H24FN5O. The molecule has 7 heteroatoms. The van der Waals surface area contributed by atoms with Gasteiger partial charge in [-0.25, -0.2) is 9.37 Å². The van der Waals surface area contributed by atoms with Gasteiger partial charge in [0.1, 0.15) is 24.8 Å². The number of alkyl halides is 1. The van der Waals surface area contributed by atoms with Crippen LogP contribution in [-0.4, -0.2) is 23.2 Å². The first-order valence-electron chi connectivity index (χ1n) is 9.14. The predicted octanol–water partition coefficient (Wildman–Crippen LogP) is 3.83. The fourth-order valence-electron chi connectivity index (χ4n) is 2.94. The van der Waals surface area contributed by atoms with E-state index >= 15 is 0 Å². The van der Waals surface area contributed by atoms with Crippen LogP contribution in [0, 0.1) is 0 Å². The second-order valence-corrected chi connectivity index (χ2v) is 6.25. The largest absolute Gasteiger partial charge is 0.491 e. The lowest BCUT2D eigenvalue weighted by Gasteiger charge is -2.12. The molecule has 2 aromatic carbocycles. The van der Waals surface area contributed by atoms with Crippen molar-refractivity contribution >= 4 is 17.5 Å². The van der Waals surface area contributed by atoms with Crippen molar-refractivity contribution in [3.8, 4) is 16.9 Å². The van der Waals surface area contributed by atoms with Gasteiger partial charge in [0.2, 0.25) is 5.95 Å². The molecule has 0 unspecified atom stereocenters. The number of benzene rings is 2. The summed E-state index contributed by atoms with van der Waals surface area (Å²) in [6.45, 7) is 2.26. The van der Waals surface area contributed by atoms with E-state index in [1.54, 1.807) is 0 Å². The Morgan fingerprint density at radius 2 is 1.71 bits per heavy atom. The number of aryl methyl sites for hydroxylation is 1. The van der Waals surface area contributed by atoms with Gasteiger partial charge in [0.15, 0.2) is 0 Å². The molecule has 28 heavy (non-hydrogen) atoms. The smallest absolute Gasteiger partial charge is 0.222 e. The molecule has 0 saturated heterocycles. The Bertz CT molecular complexity index is 913. The Hall–Kier alpha value is -3.35. The summed E-state index contributed by atoms with van der Waals surface area (Å²) in [5, 5.41) is 3.37. The fourth-order valence-corrected chi connectivity index (χ4v) is 2.94. The number of nitrogens with one attached hydrogen (secondary N) is 1. The normalized spacial score (nSPS) is 10.6. The maximum atomic E-state index is 12.1. The summed E-state index contributed by atoms with van der Waals surface area (Å²) >= 11 is 0. The molecule has 5 N–H and O–H groups in total. The Labute approximate surface area is 163 Å². The standard InChI is InChI=1S/C21H24FN5O/c1-2-18-19(20(23)27-21(24)26-18)15-5-7-16(8-6-15)25-13-14-3-9-17(10-4-14)28-12-11-22/h3-10,25H,2,11-13H2,1H3,(H4,23,24,26,27). The summed E-state index contributed by atoms with van der Waals surface area (Å²) in [6.07, 6.45) is 0.720. The highest BCUT2D eigenvalue weighted by Crippen LogP contribution is 2.29. The zero-order valence-corrected chi connectivity index (χ0v) is 15.8. The molecule has 0 aliphatic heterocycles. The molecule has 3 rings (SSSR count). The van der Waals surface area contributed by atoms with Gasteiger partial charge in [-0.05, 0) is 41.8 Å². The maximum Gasteiger partial charge on any atom is 0.222 e. The molecule has 0 bridgehead atoms. The molecule has 1 heterocycles. The van der Waals surface area contributed by atoms with Crippen LogP contribution >= 0.6 is 0 Å². The number of nitrogens with zero attached hydrogens (tertiary/aromatic N) is 2. The van der Waals surface area contributed by atoms with E-state index in [0.29, 0.717) is 18.1 Å². The van der Waals surface area contributed by atoms with Gasteiger partial charge in [-0.15, -0.1) is 0 Å². The average molecular weight is 381 g/mol. The highest BCUT2D eigenvalue weighted by molar-refractivity contribution is 5.77. The molecule has 1 aromatic heterocycles. The molecule has 0 radical (unpaired) electrons. The van der Waals surface area contributed by atoms with Crippen LogP contribution in [0.25, 0.3) is 11.1 Å². The second-order valence-electron chi connectivity index (χ2n) is 6.25. The Kier molecular flexibility index (Phi) is 6.26. The van der Waals surface area contributed by atoms with Crippen molar-refractivity contribution in [2.45, 2.75) is 19.9 Å². The lowest BCUT2D eigenvalue weighted by atomic mass is 10.0. The van der Waals surface area contributed by atoms with E-state index in [9.17, 15) is 4.39 Å². The van der Waals surface area contributed by atoms with Gasteiger partial charge in [-0.2, -0.15) is 4.98 Å². The van der Waals surface area contributed by atoms with Crippen LogP contribution in [0.2, 0.25) is 0 Å². The van der Waals surface area contributed by atoms with Crippen molar-refractivity contribution in [2.24, 2.45) is 0 Å². The van der Waals surface area contributed by atoms with Crippen molar-refractivity contribution < 1.29 is 9.13 Å². The first-order chi connectivity index (χ1) is 13.6. The van der Waals surface area contributed by atoms with Crippen LogP contribution in [0.4, 0.5) is 21.8 Å². The van der Waals surface area contributed by atoms with Crippen LogP contribution in [0.1, 0.15) is 18.2 Å². The van der Waals surface area contributed by atoms with Gasteiger partial charge in [-0.1, -0.05) is 31.2 Å². The van der Waals surface area contributed by atoms with Crippen LogP contribution < -0.4 is 21.5 Å². The van der Waals surface area contributed by atoms with Gasteiger partial charge in [0.05, 0.1) is 5.69 Å². The van der Waals surface area contributed by atoms with E-state index in [0.717, 1.165) is 34.5 Å². The van der Waals surface area contributed by atoms with Crippen LogP contribution in [0.3, 0.4) is 0 Å². The molecule has 0 spiro atoms. The number of hydrogen-bond acceptors (Lipinski definition) is 6. The van der Waals surface area contributed by atoms with E-state index in [-0.39, 0.29) is 12.6 Å². The molecule has 0 aliphatic rings. The lowest BCUT2D eigenvalue weighted by molar-refractivity contribution is 0.273. The van der Waals surface area contributed by atoms with E-state index in [2.05, 4.69) is 15.3 Å². The van der Waals surface area contributed by atoms with E-state index < -0.39 is 6.67 Å². The minimum Gasteiger partial charge on any atom is -0.491 e. The molecule has 0 saturated carbocycles. The number of aromatic nitrogens is 2. The van der Waals surface area contributed by atoms with Gasteiger partial charge < -0.3 is 21.5 Å². The molecule has 0 atom stereocenters. The van der Waals surface area contributed by atoms with E-state index in [1.807, 2.05) is 55.5 Å². The molecule has 0 amide bonds. The highest BCUT2D eigenvalue weighted by Gasteiger charge is 2.12. The Morgan fingerprint density at radius 1 is 1.00 bits per heavy atom. The monoisotopic (exact) mass is 381 g/mol. The van der Waals surface area contributed by atoms with Crippen LogP contribution in [0.15, 0.2) is 48.5 Å². The zero-order chi connectivity index (χ0) is 19.9. The summed E-state index contributed by atoms with van der Waals surface area (Å²) in [6, 6.07) is 15.5. The Balaban J connectivity index is 1.67. The van der Waals surface area contributed by atoms with Gasteiger partial charge in [0.25, 0.3) is 0 Å². The third-order valence-electron chi connectivity index (χ3n) is 4.30. The second kappa shape index (κ2) is 9.03. The molecule has 0 aliphatic carbocycles. The fraction of sp³-hybridized carbons (Fsp3) is 0.238. The minimum atomic E-state index is -0.493. The molecule has 0 fully saturated rings. The number of anilines is 3. The number of halogens is 1. The van der Waals surface area contributed by atoms with Crippen molar-refractivity contribution in [1.82, 2.24) is 9.97 Å². The zero-order valence-electron chi connectivity index (χ0n) is 15.8. The summed E-state index contributed by atoms with van der Waals surface area (Å²) in [4.78, 5) is 8.37. The number of nitrogens with two attached hydrogens (primary N) is 2. The van der Waals surface area contributed by atoms with Gasteiger partial charge >= 0.3 is 0 Å². The van der Waals surface area contributed by atoms with Crippen LogP contribution in [0.5, 0.6) is 5.75 Å². The summed E-state index contributed by atoms with van der Waals surface area (Å²) in [5.74, 6) is 1.25. The predicted molar refractivity (Wildman–Crippen MR) is 111 cm³/mol. The molecule has 146 valence electrons. The third-order valence-corrected chi connectivity index (χ3v) is 4.30. The average Bonchev–Trinajstić information content (AvgIpc) is 2.71. The SMILES string of the molecule is CCc1nc(N)nc(N)c1-c1ccc(NCc2ccc(OCCF)cc2)cc1. The first kappa shape index (κ1) is 19.4. The number of nitrogen functional groups attached to an aromatic ring is 2. The summed E-state index contributed by atoms with van der Waals surface area (Å²) in [7, 11) is 0. The quantitative estimate of drug-likeness (QED) is 0.548. The van der Waals surface area contributed by atoms with Crippen molar-refractivity contribution in [1.29, 1.82) is 0 Å². The van der Waals surface area contributed by atoms with E-state index in [1.165, 1.54) is 0 Å². The maximum absolute atomic E-state index is 12.1. The van der Waals surface area contributed by atoms with E-state index in [4.69, 9.17) is 16.2 Å². The topological polar surface area (TPSA) is 99.1 Å². The third kappa shape index (κ3) is 4.68. The molecule has 3 aromatic rings. The number of hydrogen-bond donors (Lipinski definition) is 3. The summed E-state index contributed by atoms with van der Waals surface area (Å²) in [5.41, 5.74) is 16.5. The lowest BCUT2D eigenvalue weighted by Crippen LogP contribution is -2.06. The first-order valence-corrected chi connectivity index (χ1v) is 9.14. The van der Waals surface area contributed by atoms with Gasteiger partial charge in [0, 0.05) is 17.8 Å². The highest BCUT2D eigenvalue weighted by atomic mass is 19.1. The van der Waals surface area contributed by atoms with Crippen molar-refractivity contribution in [2.75, 3.05) is 30.1 Å².